The molecule has 2 amide bonds. The fourth-order valence-corrected chi connectivity index (χ4v) is 5.01. The van der Waals surface area contributed by atoms with E-state index in [1.54, 1.807) is 30.5 Å². The van der Waals surface area contributed by atoms with Gasteiger partial charge in [0.25, 0.3) is 5.91 Å². The molecule has 0 atom stereocenters. The van der Waals surface area contributed by atoms with E-state index in [2.05, 4.69) is 6.92 Å². The van der Waals surface area contributed by atoms with Gasteiger partial charge < -0.3 is 19.3 Å². The van der Waals surface area contributed by atoms with Crippen molar-refractivity contribution in [1.82, 2.24) is 9.80 Å². The van der Waals surface area contributed by atoms with E-state index in [1.165, 1.54) is 11.3 Å². The fraction of sp³-hybridized carbons (Fsp3) is 0.385. The second-order valence-corrected chi connectivity index (χ2v) is 9.87. The molecule has 1 aromatic carbocycles. The molecular formula is C26H32N2O4S2. The molecule has 0 saturated carbocycles. The minimum absolute atomic E-state index is 0.0464. The summed E-state index contributed by atoms with van der Waals surface area (Å²) in [6.07, 6.45) is 2.49. The summed E-state index contributed by atoms with van der Waals surface area (Å²) in [5.41, 5.74) is 1.05. The Labute approximate surface area is 209 Å². The number of hydrogen-bond donors (Lipinski definition) is 0. The van der Waals surface area contributed by atoms with E-state index in [0.29, 0.717) is 42.4 Å². The van der Waals surface area contributed by atoms with E-state index in [1.807, 2.05) is 58.1 Å². The van der Waals surface area contributed by atoms with Gasteiger partial charge in [0.15, 0.2) is 11.5 Å². The fourth-order valence-electron chi connectivity index (χ4n) is 3.60. The van der Waals surface area contributed by atoms with E-state index in [0.717, 1.165) is 23.3 Å². The molecule has 6 nitrogen and oxygen atoms in total. The monoisotopic (exact) mass is 500 g/mol. The van der Waals surface area contributed by atoms with Gasteiger partial charge in [0, 0.05) is 18.0 Å². The number of methoxy groups -OCH3 is 2. The molecular weight excluding hydrogens is 468 g/mol. The summed E-state index contributed by atoms with van der Waals surface area (Å²) in [7, 11) is 3.23. The molecule has 2 heterocycles. The summed E-state index contributed by atoms with van der Waals surface area (Å²) >= 11 is 3.04. The number of rotatable bonds is 13. The van der Waals surface area contributed by atoms with Crippen molar-refractivity contribution in [3.05, 3.63) is 68.5 Å². The Morgan fingerprint density at radius 3 is 2.32 bits per heavy atom. The highest BCUT2D eigenvalue weighted by Crippen LogP contribution is 2.28. The van der Waals surface area contributed by atoms with E-state index >= 15 is 0 Å². The predicted octanol–water partition coefficient (Wildman–Crippen LogP) is 5.34. The number of hydrogen-bond acceptors (Lipinski definition) is 6. The summed E-state index contributed by atoms with van der Waals surface area (Å²) in [6, 6.07) is 13.5. The first-order valence-electron chi connectivity index (χ1n) is 11.4. The zero-order valence-corrected chi connectivity index (χ0v) is 21.6. The van der Waals surface area contributed by atoms with Crippen LogP contribution in [0.25, 0.3) is 0 Å². The van der Waals surface area contributed by atoms with Crippen LogP contribution in [0.5, 0.6) is 11.5 Å². The van der Waals surface area contributed by atoms with Crippen molar-refractivity contribution in [3.63, 3.8) is 0 Å². The molecule has 3 aromatic rings. The van der Waals surface area contributed by atoms with Gasteiger partial charge in [-0.05, 0) is 53.4 Å². The Hall–Kier alpha value is -2.84. The number of amides is 2. The second-order valence-electron chi connectivity index (χ2n) is 7.89. The minimum atomic E-state index is -0.0761. The summed E-state index contributed by atoms with van der Waals surface area (Å²) in [4.78, 5) is 31.8. The van der Waals surface area contributed by atoms with Crippen LogP contribution in [0.2, 0.25) is 0 Å². The highest BCUT2D eigenvalue weighted by molar-refractivity contribution is 7.12. The average molecular weight is 501 g/mol. The molecule has 3 rings (SSSR count). The topological polar surface area (TPSA) is 59.1 Å². The lowest BCUT2D eigenvalue weighted by molar-refractivity contribution is -0.132. The van der Waals surface area contributed by atoms with Crippen molar-refractivity contribution >= 4 is 34.5 Å². The normalized spacial score (nSPS) is 10.7. The van der Waals surface area contributed by atoms with Gasteiger partial charge in [0.1, 0.15) is 6.54 Å². The molecule has 0 aliphatic carbocycles. The van der Waals surface area contributed by atoms with Crippen molar-refractivity contribution in [2.75, 3.05) is 33.9 Å². The number of benzene rings is 1. The molecule has 0 spiro atoms. The van der Waals surface area contributed by atoms with Crippen LogP contribution in [0.4, 0.5) is 0 Å². The van der Waals surface area contributed by atoms with Gasteiger partial charge in [-0.2, -0.15) is 0 Å². The standard InChI is InChI=1S/C26H32N2O4S2/c1-4-5-13-28(26(30)24-9-7-16-34-24)19-25(29)27(18-21-8-6-15-33-21)14-12-20-10-11-22(31-2)23(17-20)32-3/h6-11,15-17H,4-5,12-14,18-19H2,1-3H3. The maximum absolute atomic E-state index is 13.5. The average Bonchev–Trinajstić information content (AvgIpc) is 3.58. The van der Waals surface area contributed by atoms with Crippen molar-refractivity contribution in [1.29, 1.82) is 0 Å². The summed E-state index contributed by atoms with van der Waals surface area (Å²) in [5, 5.41) is 3.90. The Bertz CT molecular complexity index is 1040. The molecule has 0 unspecified atom stereocenters. The molecule has 8 heteroatoms. The smallest absolute Gasteiger partial charge is 0.264 e. The van der Waals surface area contributed by atoms with Gasteiger partial charge in [-0.1, -0.05) is 31.5 Å². The van der Waals surface area contributed by atoms with Gasteiger partial charge in [-0.25, -0.2) is 0 Å². The zero-order valence-electron chi connectivity index (χ0n) is 20.0. The highest BCUT2D eigenvalue weighted by Gasteiger charge is 2.23. The molecule has 182 valence electrons. The van der Waals surface area contributed by atoms with Crippen LogP contribution in [0.15, 0.2) is 53.2 Å². The molecule has 0 bridgehead atoms. The van der Waals surface area contributed by atoms with Gasteiger partial charge >= 0.3 is 0 Å². The molecule has 0 radical (unpaired) electrons. The number of carbonyl (C=O) groups is 2. The Kier molecular flexibility index (Phi) is 9.97. The second kappa shape index (κ2) is 13.2. The van der Waals surface area contributed by atoms with Crippen LogP contribution in [0.3, 0.4) is 0 Å². The first-order valence-corrected chi connectivity index (χ1v) is 13.2. The van der Waals surface area contributed by atoms with Crippen LogP contribution in [-0.4, -0.2) is 55.5 Å². The zero-order chi connectivity index (χ0) is 24.3. The van der Waals surface area contributed by atoms with E-state index in [-0.39, 0.29) is 18.4 Å². The molecule has 0 saturated heterocycles. The third kappa shape index (κ3) is 7.08. The Balaban J connectivity index is 1.74. The quantitative estimate of drug-likeness (QED) is 0.318. The summed E-state index contributed by atoms with van der Waals surface area (Å²) in [5.74, 6) is 1.22. The number of carbonyl (C=O) groups excluding carboxylic acids is 2. The first kappa shape index (κ1) is 25.8. The maximum atomic E-state index is 13.5. The van der Waals surface area contributed by atoms with E-state index in [9.17, 15) is 9.59 Å². The third-order valence-corrected chi connectivity index (χ3v) is 7.24. The molecule has 0 N–H and O–H groups in total. The number of thiophene rings is 2. The lowest BCUT2D eigenvalue weighted by Crippen LogP contribution is -2.43. The SMILES string of the molecule is CCCCN(CC(=O)N(CCc1ccc(OC)c(OC)c1)Cc1cccs1)C(=O)c1cccs1. The summed E-state index contributed by atoms with van der Waals surface area (Å²) < 4.78 is 10.8. The predicted molar refractivity (Wildman–Crippen MR) is 138 cm³/mol. The Morgan fingerprint density at radius 1 is 0.912 bits per heavy atom. The van der Waals surface area contributed by atoms with Crippen LogP contribution in [0.1, 0.15) is 39.9 Å². The van der Waals surface area contributed by atoms with Gasteiger partial charge in [-0.15, -0.1) is 22.7 Å². The lowest BCUT2D eigenvalue weighted by atomic mass is 10.1. The van der Waals surface area contributed by atoms with Crippen LogP contribution >= 0.6 is 22.7 Å². The number of unbranched alkanes of at least 4 members (excludes halogenated alkanes) is 1. The van der Waals surface area contributed by atoms with Crippen LogP contribution < -0.4 is 9.47 Å². The van der Waals surface area contributed by atoms with E-state index < -0.39 is 0 Å². The van der Waals surface area contributed by atoms with Gasteiger partial charge in [0.05, 0.1) is 25.6 Å². The maximum Gasteiger partial charge on any atom is 0.264 e. The van der Waals surface area contributed by atoms with Crippen LogP contribution in [-0.2, 0) is 17.8 Å². The lowest BCUT2D eigenvalue weighted by Gasteiger charge is -2.27. The largest absolute Gasteiger partial charge is 0.493 e. The van der Waals surface area contributed by atoms with Gasteiger partial charge in [0.2, 0.25) is 5.91 Å². The molecule has 0 aliphatic rings. The molecule has 0 aliphatic heterocycles. The minimum Gasteiger partial charge on any atom is -0.493 e. The molecule has 34 heavy (non-hydrogen) atoms. The Morgan fingerprint density at radius 2 is 1.68 bits per heavy atom. The van der Waals surface area contributed by atoms with Crippen molar-refractivity contribution in [3.8, 4) is 11.5 Å². The number of ether oxygens (including phenoxy) is 2. The van der Waals surface area contributed by atoms with E-state index in [4.69, 9.17) is 9.47 Å². The first-order chi connectivity index (χ1) is 16.5. The van der Waals surface area contributed by atoms with Crippen molar-refractivity contribution < 1.29 is 19.1 Å². The summed E-state index contributed by atoms with van der Waals surface area (Å²) in [6.45, 7) is 3.80. The highest BCUT2D eigenvalue weighted by atomic mass is 32.1. The van der Waals surface area contributed by atoms with Gasteiger partial charge in [-0.3, -0.25) is 9.59 Å². The van der Waals surface area contributed by atoms with Crippen molar-refractivity contribution in [2.45, 2.75) is 32.7 Å². The third-order valence-electron chi connectivity index (χ3n) is 5.52. The van der Waals surface area contributed by atoms with Crippen LogP contribution in [0, 0.1) is 0 Å². The molecule has 0 fully saturated rings. The van der Waals surface area contributed by atoms with Crippen molar-refractivity contribution in [2.24, 2.45) is 0 Å². The number of nitrogens with zero attached hydrogens (tertiary/aromatic N) is 2. The molecule has 2 aromatic heterocycles.